The molecule has 0 aliphatic rings. The second-order valence-corrected chi connectivity index (χ2v) is 5.36. The molecule has 2 rings (SSSR count). The summed E-state index contributed by atoms with van der Waals surface area (Å²) in [7, 11) is 0. The second kappa shape index (κ2) is 7.04. The van der Waals surface area contributed by atoms with Gasteiger partial charge in [0.25, 0.3) is 0 Å². The Hall–Kier alpha value is -1.69. The van der Waals surface area contributed by atoms with Crippen LogP contribution in [-0.2, 0) is 0 Å². The van der Waals surface area contributed by atoms with Crippen LogP contribution in [0.25, 0.3) is 0 Å². The quantitative estimate of drug-likeness (QED) is 0.675. The van der Waals surface area contributed by atoms with Gasteiger partial charge in [-0.3, -0.25) is 0 Å². The lowest BCUT2D eigenvalue weighted by Crippen LogP contribution is -2.04. The Morgan fingerprint density at radius 2 is 1.74 bits per heavy atom. The molecule has 2 N–H and O–H groups in total. The van der Waals surface area contributed by atoms with Crippen molar-refractivity contribution >= 4 is 11.8 Å². The molecule has 0 heterocycles. The molecule has 1 unspecified atom stereocenters. The number of rotatable bonds is 3. The van der Waals surface area contributed by atoms with Crippen molar-refractivity contribution in [2.24, 2.45) is 5.73 Å². The first-order valence-electron chi connectivity index (χ1n) is 6.28. The molecule has 0 saturated carbocycles. The smallest absolute Gasteiger partial charge is 0.0598 e. The Bertz CT molecular complexity index is 562. The van der Waals surface area contributed by atoms with Gasteiger partial charge in [0.2, 0.25) is 0 Å². The highest BCUT2D eigenvalue weighted by Crippen LogP contribution is 2.19. The number of hydrogen-bond acceptors (Lipinski definition) is 2. The van der Waals surface area contributed by atoms with E-state index in [9.17, 15) is 0 Å². The zero-order valence-corrected chi connectivity index (χ0v) is 11.8. The summed E-state index contributed by atoms with van der Waals surface area (Å²) in [5.74, 6) is 7.13. The fraction of sp³-hybridized carbons (Fsp3) is 0.176. The summed E-state index contributed by atoms with van der Waals surface area (Å²) >= 11 is 1.75. The van der Waals surface area contributed by atoms with E-state index in [-0.39, 0.29) is 6.04 Å². The highest BCUT2D eigenvalue weighted by molar-refractivity contribution is 7.99. The van der Waals surface area contributed by atoms with Crippen molar-refractivity contribution in [2.75, 3.05) is 5.75 Å². The summed E-state index contributed by atoms with van der Waals surface area (Å²) in [5.41, 5.74) is 8.05. The van der Waals surface area contributed by atoms with Crippen LogP contribution in [0.5, 0.6) is 0 Å². The van der Waals surface area contributed by atoms with Crippen LogP contribution < -0.4 is 5.73 Å². The highest BCUT2D eigenvalue weighted by atomic mass is 32.2. The molecule has 0 fully saturated rings. The molecule has 0 bridgehead atoms. The third kappa shape index (κ3) is 4.48. The molecule has 0 spiro atoms. The molecule has 0 radical (unpaired) electrons. The average Bonchev–Trinajstić information content (AvgIpc) is 2.45. The number of nitrogens with two attached hydrogens (primary N) is 1. The minimum atomic E-state index is 0.0944. The van der Waals surface area contributed by atoms with E-state index in [4.69, 9.17) is 5.73 Å². The predicted molar refractivity (Wildman–Crippen MR) is 83.1 cm³/mol. The molecule has 2 aromatic carbocycles. The SMILES string of the molecule is CC(N)c1ccc(SCC#Cc2ccccc2)cc1. The van der Waals surface area contributed by atoms with Crippen molar-refractivity contribution in [1.82, 2.24) is 0 Å². The van der Waals surface area contributed by atoms with Gasteiger partial charge in [0.15, 0.2) is 0 Å². The molecule has 2 aromatic rings. The lowest BCUT2D eigenvalue weighted by atomic mass is 10.1. The monoisotopic (exact) mass is 267 g/mol. The van der Waals surface area contributed by atoms with E-state index in [1.165, 1.54) is 10.5 Å². The molecule has 1 nitrogen and oxygen atoms in total. The maximum absolute atomic E-state index is 5.82. The molecule has 0 saturated heterocycles. The first-order valence-corrected chi connectivity index (χ1v) is 7.26. The van der Waals surface area contributed by atoms with Crippen molar-refractivity contribution in [2.45, 2.75) is 17.9 Å². The van der Waals surface area contributed by atoms with Gasteiger partial charge in [0.05, 0.1) is 5.75 Å². The van der Waals surface area contributed by atoms with Gasteiger partial charge in [-0.15, -0.1) is 11.8 Å². The van der Waals surface area contributed by atoms with E-state index >= 15 is 0 Å². The topological polar surface area (TPSA) is 26.0 Å². The number of thioether (sulfide) groups is 1. The Labute approximate surface area is 119 Å². The third-order valence-electron chi connectivity index (χ3n) is 2.72. The Morgan fingerprint density at radius 3 is 2.37 bits per heavy atom. The van der Waals surface area contributed by atoms with Gasteiger partial charge in [-0.25, -0.2) is 0 Å². The van der Waals surface area contributed by atoms with E-state index < -0.39 is 0 Å². The van der Waals surface area contributed by atoms with Crippen LogP contribution in [0.1, 0.15) is 24.1 Å². The molecule has 0 amide bonds. The van der Waals surface area contributed by atoms with Gasteiger partial charge < -0.3 is 5.73 Å². The summed E-state index contributed by atoms with van der Waals surface area (Å²) < 4.78 is 0. The van der Waals surface area contributed by atoms with Crippen molar-refractivity contribution in [3.63, 3.8) is 0 Å². The van der Waals surface area contributed by atoms with Crippen LogP contribution in [-0.4, -0.2) is 5.75 Å². The molecule has 96 valence electrons. The van der Waals surface area contributed by atoms with E-state index in [1.54, 1.807) is 11.8 Å². The van der Waals surface area contributed by atoms with Crippen LogP contribution in [0.3, 0.4) is 0 Å². The highest BCUT2D eigenvalue weighted by Gasteiger charge is 1.98. The first kappa shape index (κ1) is 13.7. The lowest BCUT2D eigenvalue weighted by Gasteiger charge is -2.05. The van der Waals surface area contributed by atoms with Gasteiger partial charge in [-0.05, 0) is 36.8 Å². The van der Waals surface area contributed by atoms with E-state index in [0.29, 0.717) is 0 Å². The molecule has 0 aliphatic carbocycles. The minimum absolute atomic E-state index is 0.0944. The van der Waals surface area contributed by atoms with Gasteiger partial charge in [-0.1, -0.05) is 42.2 Å². The standard InChI is InChI=1S/C17H17NS/c1-14(18)16-9-11-17(12-10-16)19-13-5-8-15-6-3-2-4-7-15/h2-4,6-7,9-12,14H,13,18H2,1H3. The summed E-state index contributed by atoms with van der Waals surface area (Å²) in [4.78, 5) is 1.23. The van der Waals surface area contributed by atoms with Gasteiger partial charge in [0.1, 0.15) is 0 Å². The van der Waals surface area contributed by atoms with Crippen LogP contribution in [0.15, 0.2) is 59.5 Å². The van der Waals surface area contributed by atoms with Crippen molar-refractivity contribution in [3.8, 4) is 11.8 Å². The van der Waals surface area contributed by atoms with Crippen molar-refractivity contribution in [1.29, 1.82) is 0 Å². The maximum Gasteiger partial charge on any atom is 0.0598 e. The zero-order chi connectivity index (χ0) is 13.5. The molecule has 0 aliphatic heterocycles. The fourth-order valence-electron chi connectivity index (χ4n) is 1.65. The van der Waals surface area contributed by atoms with Crippen LogP contribution in [0.4, 0.5) is 0 Å². The number of benzene rings is 2. The van der Waals surface area contributed by atoms with Crippen molar-refractivity contribution in [3.05, 3.63) is 65.7 Å². The molecule has 0 aromatic heterocycles. The van der Waals surface area contributed by atoms with E-state index in [0.717, 1.165) is 11.3 Å². The summed E-state index contributed by atoms with van der Waals surface area (Å²) in [6, 6.07) is 18.5. The van der Waals surface area contributed by atoms with E-state index in [1.807, 2.05) is 37.3 Å². The summed E-state index contributed by atoms with van der Waals surface area (Å²) in [6.07, 6.45) is 0. The summed E-state index contributed by atoms with van der Waals surface area (Å²) in [5, 5.41) is 0. The van der Waals surface area contributed by atoms with Gasteiger partial charge in [0, 0.05) is 16.5 Å². The molecular formula is C17H17NS. The Morgan fingerprint density at radius 1 is 1.05 bits per heavy atom. The molecule has 19 heavy (non-hydrogen) atoms. The number of hydrogen-bond donors (Lipinski definition) is 1. The normalized spacial score (nSPS) is 11.5. The lowest BCUT2D eigenvalue weighted by molar-refractivity contribution is 0.817. The average molecular weight is 267 g/mol. The molecule has 1 atom stereocenters. The maximum atomic E-state index is 5.82. The Balaban J connectivity index is 1.88. The van der Waals surface area contributed by atoms with Crippen LogP contribution >= 0.6 is 11.8 Å². The largest absolute Gasteiger partial charge is 0.324 e. The summed E-state index contributed by atoms with van der Waals surface area (Å²) in [6.45, 7) is 1.99. The van der Waals surface area contributed by atoms with E-state index in [2.05, 4.69) is 36.1 Å². The third-order valence-corrected chi connectivity index (χ3v) is 3.62. The zero-order valence-electron chi connectivity index (χ0n) is 11.0. The van der Waals surface area contributed by atoms with Gasteiger partial charge in [-0.2, -0.15) is 0 Å². The fourth-order valence-corrected chi connectivity index (χ4v) is 2.29. The van der Waals surface area contributed by atoms with Gasteiger partial charge >= 0.3 is 0 Å². The Kier molecular flexibility index (Phi) is 5.09. The van der Waals surface area contributed by atoms with Crippen LogP contribution in [0.2, 0.25) is 0 Å². The first-order chi connectivity index (χ1) is 9.25. The van der Waals surface area contributed by atoms with Crippen molar-refractivity contribution < 1.29 is 0 Å². The molecular weight excluding hydrogens is 250 g/mol. The van der Waals surface area contributed by atoms with Crippen LogP contribution in [0, 0.1) is 11.8 Å². The second-order valence-electron chi connectivity index (χ2n) is 4.31. The predicted octanol–water partition coefficient (Wildman–Crippen LogP) is 3.85. The molecule has 2 heteroatoms. The minimum Gasteiger partial charge on any atom is -0.324 e.